The Kier molecular flexibility index (Phi) is 4.14. The second kappa shape index (κ2) is 5.49. The molecular weight excluding hydrogens is 239 g/mol. The van der Waals surface area contributed by atoms with E-state index >= 15 is 0 Å². The predicted molar refractivity (Wildman–Crippen MR) is 78.7 cm³/mol. The summed E-state index contributed by atoms with van der Waals surface area (Å²) in [6, 6.07) is 5.20. The molecule has 1 aromatic carbocycles. The molecule has 1 saturated heterocycles. The first-order valence-corrected chi connectivity index (χ1v) is 7.16. The van der Waals surface area contributed by atoms with Gasteiger partial charge in [-0.3, -0.25) is 0 Å². The summed E-state index contributed by atoms with van der Waals surface area (Å²) in [5.74, 6) is 0.578. The van der Waals surface area contributed by atoms with Crippen molar-refractivity contribution in [3.05, 3.63) is 29.6 Å². The van der Waals surface area contributed by atoms with E-state index in [-0.39, 0.29) is 5.82 Å². The quantitative estimate of drug-likeness (QED) is 0.885. The lowest BCUT2D eigenvalue weighted by molar-refractivity contribution is 0.198. The van der Waals surface area contributed by atoms with Gasteiger partial charge in [-0.2, -0.15) is 0 Å². The maximum Gasteiger partial charge on any atom is 0.146 e. The highest BCUT2D eigenvalue weighted by Gasteiger charge is 2.30. The number of piperidine rings is 1. The van der Waals surface area contributed by atoms with Gasteiger partial charge in [0.2, 0.25) is 0 Å². The number of halogens is 1. The predicted octanol–water partition coefficient (Wildman–Crippen LogP) is 3.55. The van der Waals surface area contributed by atoms with E-state index in [0.717, 1.165) is 43.1 Å². The number of hydrogen-bond acceptors (Lipinski definition) is 2. The minimum atomic E-state index is -0.142. The Labute approximate surface area is 115 Å². The summed E-state index contributed by atoms with van der Waals surface area (Å²) in [7, 11) is 0. The summed E-state index contributed by atoms with van der Waals surface area (Å²) in [5.41, 5.74) is 7.71. The van der Waals surface area contributed by atoms with E-state index in [1.54, 1.807) is 6.07 Å². The fraction of sp³-hybridized carbons (Fsp3) is 0.625. The smallest absolute Gasteiger partial charge is 0.146 e. The van der Waals surface area contributed by atoms with Crippen molar-refractivity contribution in [3.63, 3.8) is 0 Å². The van der Waals surface area contributed by atoms with Gasteiger partial charge in [-0.15, -0.1) is 0 Å². The molecule has 0 aromatic heterocycles. The molecule has 1 heterocycles. The summed E-state index contributed by atoms with van der Waals surface area (Å²) in [4.78, 5) is 2.17. The summed E-state index contributed by atoms with van der Waals surface area (Å²) in [6.45, 7) is 9.13. The molecule has 2 N–H and O–H groups in total. The maximum absolute atomic E-state index is 14.1. The van der Waals surface area contributed by atoms with Gasteiger partial charge in [-0.1, -0.05) is 32.9 Å². The zero-order valence-corrected chi connectivity index (χ0v) is 12.2. The topological polar surface area (TPSA) is 29.3 Å². The molecule has 1 fully saturated rings. The molecule has 0 saturated carbocycles. The van der Waals surface area contributed by atoms with Crippen molar-refractivity contribution >= 4 is 5.69 Å². The molecule has 0 unspecified atom stereocenters. The van der Waals surface area contributed by atoms with Crippen molar-refractivity contribution in [1.82, 2.24) is 0 Å². The van der Waals surface area contributed by atoms with Crippen LogP contribution in [0.2, 0.25) is 0 Å². The largest absolute Gasteiger partial charge is 0.369 e. The Bertz CT molecular complexity index is 429. The minimum Gasteiger partial charge on any atom is -0.369 e. The third-order valence-corrected chi connectivity index (χ3v) is 4.33. The van der Waals surface area contributed by atoms with E-state index in [0.29, 0.717) is 12.0 Å². The first kappa shape index (κ1) is 14.3. The van der Waals surface area contributed by atoms with Crippen LogP contribution in [-0.4, -0.2) is 13.1 Å². The van der Waals surface area contributed by atoms with Crippen LogP contribution in [0.1, 0.15) is 39.2 Å². The molecule has 0 atom stereocenters. The van der Waals surface area contributed by atoms with Gasteiger partial charge in [0, 0.05) is 19.6 Å². The van der Waals surface area contributed by atoms with E-state index in [9.17, 15) is 4.39 Å². The highest BCUT2D eigenvalue weighted by molar-refractivity contribution is 5.55. The van der Waals surface area contributed by atoms with E-state index in [4.69, 9.17) is 5.73 Å². The van der Waals surface area contributed by atoms with Gasteiger partial charge in [-0.05, 0) is 35.8 Å². The van der Waals surface area contributed by atoms with E-state index in [2.05, 4.69) is 25.7 Å². The SMILES string of the molecule is CC(C)(C)C1CCN(c2c(F)cccc2CN)CC1. The lowest BCUT2D eigenvalue weighted by Crippen LogP contribution is -2.39. The highest BCUT2D eigenvalue weighted by Crippen LogP contribution is 2.36. The third kappa shape index (κ3) is 3.08. The molecule has 0 amide bonds. The molecule has 1 aliphatic heterocycles. The van der Waals surface area contributed by atoms with Crippen LogP contribution in [0.15, 0.2) is 18.2 Å². The first-order valence-electron chi connectivity index (χ1n) is 7.16. The lowest BCUT2D eigenvalue weighted by Gasteiger charge is -2.40. The number of anilines is 1. The van der Waals surface area contributed by atoms with Crippen LogP contribution in [0.5, 0.6) is 0 Å². The molecule has 0 bridgehead atoms. The van der Waals surface area contributed by atoms with Crippen LogP contribution >= 0.6 is 0 Å². The monoisotopic (exact) mass is 264 g/mol. The van der Waals surface area contributed by atoms with Crippen LogP contribution in [-0.2, 0) is 6.54 Å². The first-order chi connectivity index (χ1) is 8.93. The second-order valence-corrected chi connectivity index (χ2v) is 6.58. The van der Waals surface area contributed by atoms with Crippen molar-refractivity contribution in [2.24, 2.45) is 17.1 Å². The molecule has 0 spiro atoms. The van der Waals surface area contributed by atoms with Gasteiger partial charge < -0.3 is 10.6 Å². The van der Waals surface area contributed by atoms with E-state index in [1.165, 1.54) is 6.07 Å². The highest BCUT2D eigenvalue weighted by atomic mass is 19.1. The van der Waals surface area contributed by atoms with Crippen molar-refractivity contribution in [1.29, 1.82) is 0 Å². The van der Waals surface area contributed by atoms with E-state index in [1.807, 2.05) is 6.07 Å². The average Bonchev–Trinajstić information content (AvgIpc) is 2.37. The molecule has 106 valence electrons. The van der Waals surface area contributed by atoms with Crippen molar-refractivity contribution in [2.75, 3.05) is 18.0 Å². The summed E-state index contributed by atoms with van der Waals surface area (Å²) in [6.07, 6.45) is 2.25. The van der Waals surface area contributed by atoms with Crippen molar-refractivity contribution in [3.8, 4) is 0 Å². The number of nitrogens with two attached hydrogens (primary N) is 1. The van der Waals surface area contributed by atoms with Gasteiger partial charge in [-0.25, -0.2) is 4.39 Å². The molecule has 1 aromatic rings. The number of nitrogens with zero attached hydrogens (tertiary/aromatic N) is 1. The number of benzene rings is 1. The van der Waals surface area contributed by atoms with Crippen LogP contribution in [0, 0.1) is 17.2 Å². The summed E-state index contributed by atoms with van der Waals surface area (Å²) < 4.78 is 14.1. The number of rotatable bonds is 2. The fourth-order valence-corrected chi connectivity index (χ4v) is 3.05. The Morgan fingerprint density at radius 2 is 1.89 bits per heavy atom. The van der Waals surface area contributed by atoms with Gasteiger partial charge in [0.05, 0.1) is 5.69 Å². The normalized spacial score (nSPS) is 17.8. The third-order valence-electron chi connectivity index (χ3n) is 4.33. The van der Waals surface area contributed by atoms with Crippen molar-refractivity contribution in [2.45, 2.75) is 40.2 Å². The molecule has 0 aliphatic carbocycles. The molecule has 2 nitrogen and oxygen atoms in total. The Balaban J connectivity index is 2.14. The zero-order chi connectivity index (χ0) is 14.0. The number of para-hydroxylation sites is 1. The van der Waals surface area contributed by atoms with Gasteiger partial charge in [0.25, 0.3) is 0 Å². The Morgan fingerprint density at radius 3 is 2.42 bits per heavy atom. The van der Waals surface area contributed by atoms with Crippen LogP contribution < -0.4 is 10.6 Å². The van der Waals surface area contributed by atoms with E-state index < -0.39 is 0 Å². The molecule has 0 radical (unpaired) electrons. The molecule has 3 heteroatoms. The van der Waals surface area contributed by atoms with Gasteiger partial charge in [0.1, 0.15) is 5.82 Å². The zero-order valence-electron chi connectivity index (χ0n) is 12.2. The summed E-state index contributed by atoms with van der Waals surface area (Å²) in [5, 5.41) is 0. The summed E-state index contributed by atoms with van der Waals surface area (Å²) >= 11 is 0. The fourth-order valence-electron chi connectivity index (χ4n) is 3.05. The standard InChI is InChI=1S/C16H25FN2/c1-16(2,3)13-7-9-19(10-8-13)15-12(11-18)5-4-6-14(15)17/h4-6,13H,7-11,18H2,1-3H3. The lowest BCUT2D eigenvalue weighted by atomic mass is 9.75. The van der Waals surface area contributed by atoms with Crippen LogP contribution in [0.4, 0.5) is 10.1 Å². The molecular formula is C16H25FN2. The Morgan fingerprint density at radius 1 is 1.26 bits per heavy atom. The molecule has 2 rings (SSSR count). The van der Waals surface area contributed by atoms with Crippen LogP contribution in [0.25, 0.3) is 0 Å². The van der Waals surface area contributed by atoms with Crippen molar-refractivity contribution < 1.29 is 4.39 Å². The average molecular weight is 264 g/mol. The minimum absolute atomic E-state index is 0.142. The number of hydrogen-bond donors (Lipinski definition) is 1. The Hall–Kier alpha value is -1.09. The molecule has 1 aliphatic rings. The van der Waals surface area contributed by atoms with Crippen LogP contribution in [0.3, 0.4) is 0 Å². The van der Waals surface area contributed by atoms with Gasteiger partial charge in [0.15, 0.2) is 0 Å². The second-order valence-electron chi connectivity index (χ2n) is 6.58. The molecule has 19 heavy (non-hydrogen) atoms. The maximum atomic E-state index is 14.1. The van der Waals surface area contributed by atoms with Gasteiger partial charge >= 0.3 is 0 Å².